The molecule has 1 fully saturated rings. The van der Waals surface area contributed by atoms with E-state index in [2.05, 4.69) is 13.8 Å². The Labute approximate surface area is 89.5 Å². The third-order valence-electron chi connectivity index (χ3n) is 3.91. The highest BCUT2D eigenvalue weighted by Gasteiger charge is 2.31. The van der Waals surface area contributed by atoms with Gasteiger partial charge in [-0.1, -0.05) is 46.0 Å². The van der Waals surface area contributed by atoms with Crippen LogP contribution in [0.1, 0.15) is 65.2 Å². The van der Waals surface area contributed by atoms with Crippen molar-refractivity contribution in [3.05, 3.63) is 0 Å². The highest BCUT2D eigenvalue weighted by Crippen LogP contribution is 2.41. The molecule has 0 saturated heterocycles. The van der Waals surface area contributed by atoms with Crippen LogP contribution in [0.2, 0.25) is 0 Å². The minimum absolute atomic E-state index is 0.521. The number of rotatable bonds is 5. The van der Waals surface area contributed by atoms with Crippen LogP contribution in [0.3, 0.4) is 0 Å². The second kappa shape index (κ2) is 5.75. The van der Waals surface area contributed by atoms with Gasteiger partial charge in [-0.15, -0.1) is 0 Å². The Bertz CT molecular complexity index is 147. The fourth-order valence-electron chi connectivity index (χ4n) is 3.13. The van der Waals surface area contributed by atoms with Crippen molar-refractivity contribution >= 4 is 0 Å². The SMILES string of the molecule is CCCC(C)CC1(CN)CCCCC1. The summed E-state index contributed by atoms with van der Waals surface area (Å²) in [5.41, 5.74) is 6.50. The average molecular weight is 197 g/mol. The normalized spacial score (nSPS) is 23.4. The second-order valence-electron chi connectivity index (χ2n) is 5.36. The van der Waals surface area contributed by atoms with Gasteiger partial charge in [-0.25, -0.2) is 0 Å². The molecule has 0 aromatic carbocycles. The van der Waals surface area contributed by atoms with E-state index in [9.17, 15) is 0 Å². The summed E-state index contributed by atoms with van der Waals surface area (Å²) in [7, 11) is 0. The molecule has 0 heterocycles. The molecule has 1 rings (SSSR count). The lowest BCUT2D eigenvalue weighted by atomic mass is 9.69. The quantitative estimate of drug-likeness (QED) is 0.714. The van der Waals surface area contributed by atoms with E-state index in [1.165, 1.54) is 51.4 Å². The summed E-state index contributed by atoms with van der Waals surface area (Å²) in [6.45, 7) is 5.60. The fourth-order valence-corrected chi connectivity index (χ4v) is 3.13. The second-order valence-corrected chi connectivity index (χ2v) is 5.36. The summed E-state index contributed by atoms with van der Waals surface area (Å²) in [6.07, 6.45) is 11.1. The van der Waals surface area contributed by atoms with E-state index in [0.717, 1.165) is 12.5 Å². The van der Waals surface area contributed by atoms with Crippen LogP contribution in [0.4, 0.5) is 0 Å². The van der Waals surface area contributed by atoms with Gasteiger partial charge in [-0.3, -0.25) is 0 Å². The van der Waals surface area contributed by atoms with Crippen LogP contribution >= 0.6 is 0 Å². The van der Waals surface area contributed by atoms with Gasteiger partial charge < -0.3 is 5.73 Å². The van der Waals surface area contributed by atoms with Crippen molar-refractivity contribution in [2.75, 3.05) is 6.54 Å². The van der Waals surface area contributed by atoms with Crippen LogP contribution in [0.5, 0.6) is 0 Å². The van der Waals surface area contributed by atoms with E-state index < -0.39 is 0 Å². The molecule has 84 valence electrons. The van der Waals surface area contributed by atoms with Crippen molar-refractivity contribution in [3.63, 3.8) is 0 Å². The Morgan fingerprint density at radius 3 is 2.36 bits per heavy atom. The van der Waals surface area contributed by atoms with Crippen LogP contribution < -0.4 is 5.73 Å². The molecule has 2 N–H and O–H groups in total. The minimum Gasteiger partial charge on any atom is -0.330 e. The number of hydrogen-bond donors (Lipinski definition) is 1. The topological polar surface area (TPSA) is 26.0 Å². The van der Waals surface area contributed by atoms with Gasteiger partial charge in [0.05, 0.1) is 0 Å². The van der Waals surface area contributed by atoms with Crippen molar-refractivity contribution in [2.45, 2.75) is 65.2 Å². The molecule has 1 unspecified atom stereocenters. The zero-order valence-electron chi connectivity index (χ0n) is 10.0. The van der Waals surface area contributed by atoms with E-state index in [-0.39, 0.29) is 0 Å². The molecule has 0 bridgehead atoms. The van der Waals surface area contributed by atoms with Crippen molar-refractivity contribution < 1.29 is 0 Å². The highest BCUT2D eigenvalue weighted by atomic mass is 14.6. The first-order chi connectivity index (χ1) is 6.72. The summed E-state index contributed by atoms with van der Waals surface area (Å²) >= 11 is 0. The standard InChI is InChI=1S/C13H27N/c1-3-7-12(2)10-13(11-14)8-5-4-6-9-13/h12H,3-11,14H2,1-2H3. The molecule has 1 aliphatic rings. The van der Waals surface area contributed by atoms with Crippen LogP contribution in [0, 0.1) is 11.3 Å². The maximum absolute atomic E-state index is 5.98. The Balaban J connectivity index is 2.42. The lowest BCUT2D eigenvalue weighted by molar-refractivity contribution is 0.151. The molecule has 0 aromatic heterocycles. The van der Waals surface area contributed by atoms with Crippen LogP contribution in [-0.2, 0) is 0 Å². The Morgan fingerprint density at radius 2 is 1.86 bits per heavy atom. The van der Waals surface area contributed by atoms with Gasteiger partial charge in [0.15, 0.2) is 0 Å². The summed E-state index contributed by atoms with van der Waals surface area (Å²) < 4.78 is 0. The van der Waals surface area contributed by atoms with Crippen molar-refractivity contribution in [1.29, 1.82) is 0 Å². The molecule has 1 nitrogen and oxygen atoms in total. The first kappa shape index (κ1) is 12.0. The molecular formula is C13H27N. The fraction of sp³-hybridized carbons (Fsp3) is 1.00. The summed E-state index contributed by atoms with van der Waals surface area (Å²) in [5, 5.41) is 0. The lowest BCUT2D eigenvalue weighted by Crippen LogP contribution is -2.34. The molecule has 0 radical (unpaired) electrons. The Hall–Kier alpha value is -0.0400. The van der Waals surface area contributed by atoms with Gasteiger partial charge in [-0.05, 0) is 37.1 Å². The van der Waals surface area contributed by atoms with Crippen LogP contribution in [0.25, 0.3) is 0 Å². The zero-order valence-corrected chi connectivity index (χ0v) is 10.0. The number of nitrogens with two attached hydrogens (primary N) is 1. The van der Waals surface area contributed by atoms with E-state index in [1.54, 1.807) is 0 Å². The van der Waals surface area contributed by atoms with Gasteiger partial charge in [0.2, 0.25) is 0 Å². The summed E-state index contributed by atoms with van der Waals surface area (Å²) in [6, 6.07) is 0. The molecule has 1 saturated carbocycles. The smallest absolute Gasteiger partial charge is 0.00204 e. The van der Waals surface area contributed by atoms with E-state index in [4.69, 9.17) is 5.73 Å². The van der Waals surface area contributed by atoms with Crippen molar-refractivity contribution in [1.82, 2.24) is 0 Å². The van der Waals surface area contributed by atoms with Gasteiger partial charge >= 0.3 is 0 Å². The molecule has 0 amide bonds. The van der Waals surface area contributed by atoms with Gasteiger partial charge in [0, 0.05) is 0 Å². The average Bonchev–Trinajstić information content (AvgIpc) is 2.19. The van der Waals surface area contributed by atoms with Crippen LogP contribution in [0.15, 0.2) is 0 Å². The lowest BCUT2D eigenvalue weighted by Gasteiger charge is -2.38. The molecule has 1 aliphatic carbocycles. The molecule has 0 aromatic rings. The summed E-state index contributed by atoms with van der Waals surface area (Å²) in [4.78, 5) is 0. The predicted octanol–water partition coefficient (Wildman–Crippen LogP) is 3.72. The van der Waals surface area contributed by atoms with Gasteiger partial charge in [0.25, 0.3) is 0 Å². The van der Waals surface area contributed by atoms with Gasteiger partial charge in [0.1, 0.15) is 0 Å². The van der Waals surface area contributed by atoms with Crippen molar-refractivity contribution in [2.24, 2.45) is 17.1 Å². The molecular weight excluding hydrogens is 170 g/mol. The first-order valence-corrected chi connectivity index (χ1v) is 6.42. The zero-order chi connectivity index (χ0) is 10.4. The maximum atomic E-state index is 5.98. The Morgan fingerprint density at radius 1 is 1.21 bits per heavy atom. The molecule has 0 spiro atoms. The molecule has 0 aliphatic heterocycles. The monoisotopic (exact) mass is 197 g/mol. The first-order valence-electron chi connectivity index (χ1n) is 6.42. The van der Waals surface area contributed by atoms with Crippen molar-refractivity contribution in [3.8, 4) is 0 Å². The van der Waals surface area contributed by atoms with E-state index in [0.29, 0.717) is 5.41 Å². The molecule has 14 heavy (non-hydrogen) atoms. The summed E-state index contributed by atoms with van der Waals surface area (Å²) in [5.74, 6) is 0.877. The predicted molar refractivity (Wildman–Crippen MR) is 63.3 cm³/mol. The molecule has 1 atom stereocenters. The van der Waals surface area contributed by atoms with E-state index in [1.807, 2.05) is 0 Å². The maximum Gasteiger partial charge on any atom is -0.00204 e. The Kier molecular flexibility index (Phi) is 4.94. The number of hydrogen-bond acceptors (Lipinski definition) is 1. The van der Waals surface area contributed by atoms with Gasteiger partial charge in [-0.2, -0.15) is 0 Å². The third kappa shape index (κ3) is 3.27. The van der Waals surface area contributed by atoms with E-state index >= 15 is 0 Å². The minimum atomic E-state index is 0.521. The van der Waals surface area contributed by atoms with Crippen LogP contribution in [-0.4, -0.2) is 6.54 Å². The highest BCUT2D eigenvalue weighted by molar-refractivity contribution is 4.85. The molecule has 1 heteroatoms. The third-order valence-corrected chi connectivity index (χ3v) is 3.91. The largest absolute Gasteiger partial charge is 0.330 e.